The molecule has 0 radical (unpaired) electrons. The van der Waals surface area contributed by atoms with Gasteiger partial charge in [-0.1, -0.05) is 31.5 Å². The summed E-state index contributed by atoms with van der Waals surface area (Å²) in [6.07, 6.45) is 0.140. The maximum atomic E-state index is 12.3. The fourth-order valence-electron chi connectivity index (χ4n) is 2.26. The molecule has 0 aliphatic carbocycles. The molecule has 3 atom stereocenters. The number of alkyl carbamates (subject to hydrolysis) is 1. The molecule has 1 N–H and O–H groups in total. The number of carbonyl (C=O) groups excluding carboxylic acids is 2. The van der Waals surface area contributed by atoms with Crippen molar-refractivity contribution in [2.45, 2.75) is 78.2 Å². The summed E-state index contributed by atoms with van der Waals surface area (Å²) in [7, 11) is 0. The van der Waals surface area contributed by atoms with Gasteiger partial charge in [0.15, 0.2) is 0 Å². The first-order chi connectivity index (χ1) is 12.1. The second-order valence-corrected chi connectivity index (χ2v) is 7.27. The van der Waals surface area contributed by atoms with Crippen LogP contribution >= 0.6 is 0 Å². The molecule has 1 aromatic carbocycles. The van der Waals surface area contributed by atoms with Crippen LogP contribution in [0.3, 0.4) is 0 Å². The highest BCUT2D eigenvalue weighted by atomic mass is 16.6. The SMILES string of the molecule is CCC[C@@H](OC(=O)[C@H](C)NC(=O)OC(C)(C)C)[C@@H](C)Oc1ccccc1. The zero-order valence-corrected chi connectivity index (χ0v) is 16.6. The predicted octanol–water partition coefficient (Wildman–Crippen LogP) is 4.08. The number of hydrogen-bond acceptors (Lipinski definition) is 5. The van der Waals surface area contributed by atoms with Gasteiger partial charge in [-0.15, -0.1) is 0 Å². The molecule has 0 aliphatic rings. The van der Waals surface area contributed by atoms with Crippen molar-refractivity contribution in [1.29, 1.82) is 0 Å². The number of hydrogen-bond donors (Lipinski definition) is 1. The van der Waals surface area contributed by atoms with Gasteiger partial charge in [-0.25, -0.2) is 9.59 Å². The standard InChI is InChI=1S/C20H31NO5/c1-7-11-17(15(3)24-16-12-9-8-10-13-16)25-18(22)14(2)21-19(23)26-20(4,5)6/h8-10,12-15,17H,7,11H2,1-6H3,(H,21,23)/t14-,15+,17+/m0/s1. The summed E-state index contributed by atoms with van der Waals surface area (Å²) in [5, 5.41) is 2.50. The quantitative estimate of drug-likeness (QED) is 0.703. The summed E-state index contributed by atoms with van der Waals surface area (Å²) in [4.78, 5) is 24.1. The molecule has 0 aliphatic heterocycles. The Morgan fingerprint density at radius 2 is 1.73 bits per heavy atom. The number of para-hydroxylation sites is 1. The molecule has 26 heavy (non-hydrogen) atoms. The molecule has 0 saturated heterocycles. The Balaban J connectivity index is 2.61. The van der Waals surface area contributed by atoms with Gasteiger partial charge < -0.3 is 19.5 Å². The lowest BCUT2D eigenvalue weighted by Gasteiger charge is -2.26. The van der Waals surface area contributed by atoms with Crippen molar-refractivity contribution in [3.05, 3.63) is 30.3 Å². The van der Waals surface area contributed by atoms with Crippen LogP contribution in [0.2, 0.25) is 0 Å². The van der Waals surface area contributed by atoms with Gasteiger partial charge >= 0.3 is 12.1 Å². The molecule has 6 nitrogen and oxygen atoms in total. The third kappa shape index (κ3) is 8.23. The van der Waals surface area contributed by atoms with Crippen LogP contribution in [0.15, 0.2) is 30.3 Å². The van der Waals surface area contributed by atoms with E-state index in [0.717, 1.165) is 12.2 Å². The Bertz CT molecular complexity index is 567. The molecule has 0 saturated carbocycles. The van der Waals surface area contributed by atoms with Crippen molar-refractivity contribution in [1.82, 2.24) is 5.32 Å². The van der Waals surface area contributed by atoms with Crippen molar-refractivity contribution < 1.29 is 23.8 Å². The lowest BCUT2D eigenvalue weighted by atomic mass is 10.1. The maximum absolute atomic E-state index is 12.3. The predicted molar refractivity (Wildman–Crippen MR) is 100 cm³/mol. The number of nitrogens with one attached hydrogen (secondary N) is 1. The number of rotatable bonds is 8. The van der Waals surface area contributed by atoms with Crippen LogP contribution in [-0.2, 0) is 14.3 Å². The average molecular weight is 365 g/mol. The summed E-state index contributed by atoms with van der Waals surface area (Å²) < 4.78 is 16.6. The topological polar surface area (TPSA) is 73.9 Å². The van der Waals surface area contributed by atoms with Crippen molar-refractivity contribution in [3.8, 4) is 5.75 Å². The highest BCUT2D eigenvalue weighted by Gasteiger charge is 2.27. The molecule has 146 valence electrons. The lowest BCUT2D eigenvalue weighted by molar-refractivity contribution is -0.156. The van der Waals surface area contributed by atoms with Crippen LogP contribution in [0.25, 0.3) is 0 Å². The first kappa shape index (κ1) is 21.8. The summed E-state index contributed by atoms with van der Waals surface area (Å²) >= 11 is 0. The van der Waals surface area contributed by atoms with E-state index < -0.39 is 29.8 Å². The molecule has 0 aromatic heterocycles. The first-order valence-electron chi connectivity index (χ1n) is 9.04. The zero-order valence-electron chi connectivity index (χ0n) is 16.6. The molecule has 0 heterocycles. The van der Waals surface area contributed by atoms with Gasteiger partial charge in [0.05, 0.1) is 0 Å². The van der Waals surface area contributed by atoms with Gasteiger partial charge in [0.2, 0.25) is 0 Å². The molecule has 6 heteroatoms. The minimum atomic E-state index is -0.812. The maximum Gasteiger partial charge on any atom is 0.408 e. The highest BCUT2D eigenvalue weighted by Crippen LogP contribution is 2.17. The Kier molecular flexibility index (Phi) is 8.42. The van der Waals surface area contributed by atoms with Crippen LogP contribution in [0.5, 0.6) is 5.75 Å². The largest absolute Gasteiger partial charge is 0.487 e. The van der Waals surface area contributed by atoms with E-state index in [1.54, 1.807) is 27.7 Å². The summed E-state index contributed by atoms with van der Waals surface area (Å²) in [5.74, 6) is 0.204. The van der Waals surface area contributed by atoms with Crippen molar-refractivity contribution in [2.75, 3.05) is 0 Å². The Morgan fingerprint density at radius 3 is 2.27 bits per heavy atom. The van der Waals surface area contributed by atoms with E-state index in [4.69, 9.17) is 14.2 Å². The van der Waals surface area contributed by atoms with E-state index >= 15 is 0 Å². The monoisotopic (exact) mass is 365 g/mol. The minimum absolute atomic E-state index is 0.310. The highest BCUT2D eigenvalue weighted by molar-refractivity contribution is 5.81. The summed E-state index contributed by atoms with van der Waals surface area (Å²) in [6.45, 7) is 10.7. The number of carbonyl (C=O) groups is 2. The van der Waals surface area contributed by atoms with Crippen LogP contribution in [0.4, 0.5) is 4.79 Å². The molecule has 1 rings (SSSR count). The van der Waals surface area contributed by atoms with Gasteiger partial charge in [-0.3, -0.25) is 0 Å². The van der Waals surface area contributed by atoms with Gasteiger partial charge in [-0.2, -0.15) is 0 Å². The average Bonchev–Trinajstić information content (AvgIpc) is 2.53. The molecule has 0 fully saturated rings. The fraction of sp³-hybridized carbons (Fsp3) is 0.600. The van der Waals surface area contributed by atoms with E-state index in [-0.39, 0.29) is 6.10 Å². The number of esters is 1. The molecule has 0 spiro atoms. The Hall–Kier alpha value is -2.24. The molecule has 1 aromatic rings. The van der Waals surface area contributed by atoms with E-state index in [2.05, 4.69) is 5.32 Å². The van der Waals surface area contributed by atoms with Crippen LogP contribution < -0.4 is 10.1 Å². The smallest absolute Gasteiger partial charge is 0.408 e. The first-order valence-corrected chi connectivity index (χ1v) is 9.04. The molecular formula is C20H31NO5. The molecule has 0 bridgehead atoms. The third-order valence-electron chi connectivity index (χ3n) is 3.52. The van der Waals surface area contributed by atoms with E-state index in [9.17, 15) is 9.59 Å². The van der Waals surface area contributed by atoms with E-state index in [0.29, 0.717) is 6.42 Å². The number of ether oxygens (including phenoxy) is 3. The van der Waals surface area contributed by atoms with Gasteiger partial charge in [-0.05, 0) is 53.2 Å². The fourth-order valence-corrected chi connectivity index (χ4v) is 2.26. The van der Waals surface area contributed by atoms with Crippen molar-refractivity contribution in [3.63, 3.8) is 0 Å². The summed E-state index contributed by atoms with van der Waals surface area (Å²) in [5.41, 5.74) is -0.628. The second kappa shape index (κ2) is 10.0. The molecule has 1 amide bonds. The van der Waals surface area contributed by atoms with Gasteiger partial charge in [0, 0.05) is 0 Å². The third-order valence-corrected chi connectivity index (χ3v) is 3.52. The lowest BCUT2D eigenvalue weighted by Crippen LogP contribution is -2.45. The van der Waals surface area contributed by atoms with Crippen LogP contribution in [0, 0.1) is 0 Å². The molecular weight excluding hydrogens is 334 g/mol. The van der Waals surface area contributed by atoms with E-state index in [1.807, 2.05) is 44.2 Å². The van der Waals surface area contributed by atoms with Crippen LogP contribution in [0.1, 0.15) is 54.4 Å². The Labute approximate surface area is 156 Å². The number of benzene rings is 1. The minimum Gasteiger partial charge on any atom is -0.487 e. The van der Waals surface area contributed by atoms with Gasteiger partial charge in [0.1, 0.15) is 29.6 Å². The summed E-state index contributed by atoms with van der Waals surface area (Å²) in [6, 6.07) is 8.58. The number of amides is 1. The molecule has 0 unspecified atom stereocenters. The van der Waals surface area contributed by atoms with Gasteiger partial charge in [0.25, 0.3) is 0 Å². The Morgan fingerprint density at radius 1 is 1.12 bits per heavy atom. The second-order valence-electron chi connectivity index (χ2n) is 7.27. The zero-order chi connectivity index (χ0) is 19.7. The van der Waals surface area contributed by atoms with E-state index in [1.165, 1.54) is 0 Å². The van der Waals surface area contributed by atoms with Crippen molar-refractivity contribution in [2.24, 2.45) is 0 Å². The van der Waals surface area contributed by atoms with Crippen molar-refractivity contribution >= 4 is 12.1 Å². The van der Waals surface area contributed by atoms with Crippen LogP contribution in [-0.4, -0.2) is 35.9 Å². The normalized spacial score (nSPS) is 14.7.